The van der Waals surface area contributed by atoms with E-state index in [0.29, 0.717) is 27.7 Å². The summed E-state index contributed by atoms with van der Waals surface area (Å²) in [4.78, 5) is 47.0. The predicted molar refractivity (Wildman–Crippen MR) is 102 cm³/mol. The van der Waals surface area contributed by atoms with Crippen molar-refractivity contribution in [3.8, 4) is 0 Å². The zero-order valence-corrected chi connectivity index (χ0v) is 15.0. The fraction of sp³-hybridized carbons (Fsp3) is 0.150. The summed E-state index contributed by atoms with van der Waals surface area (Å²) < 4.78 is 4.98. The van der Waals surface area contributed by atoms with E-state index in [0.717, 1.165) is 0 Å². The highest BCUT2D eigenvalue weighted by Gasteiger charge is 2.13. The normalized spacial score (nSPS) is 10.5. The van der Waals surface area contributed by atoms with Crippen LogP contribution in [0.2, 0.25) is 0 Å². The summed E-state index contributed by atoms with van der Waals surface area (Å²) in [5, 5.41) is 9.79. The molecule has 2 aromatic carbocycles. The number of rotatable bonds is 6. The minimum Gasteiger partial charge on any atom is -0.455 e. The second-order valence-electron chi connectivity index (χ2n) is 6.06. The number of fused-ring (bicyclic) bond motifs is 1. The van der Waals surface area contributed by atoms with Crippen molar-refractivity contribution in [2.24, 2.45) is 0 Å². The molecule has 3 rings (SSSR count). The molecule has 142 valence electrons. The van der Waals surface area contributed by atoms with Gasteiger partial charge in [0.2, 0.25) is 0 Å². The summed E-state index contributed by atoms with van der Waals surface area (Å²) in [6.45, 7) is 0.988. The van der Waals surface area contributed by atoms with E-state index < -0.39 is 18.5 Å². The number of benzene rings is 2. The molecule has 0 radical (unpaired) electrons. The number of hydrogen-bond donors (Lipinski definition) is 2. The first-order valence-corrected chi connectivity index (χ1v) is 8.47. The Morgan fingerprint density at radius 3 is 2.39 bits per heavy atom. The van der Waals surface area contributed by atoms with Gasteiger partial charge in [0.05, 0.1) is 17.5 Å². The number of nitrogens with one attached hydrogen (secondary N) is 2. The van der Waals surface area contributed by atoms with Crippen LogP contribution in [0.5, 0.6) is 0 Å². The third-order valence-electron chi connectivity index (χ3n) is 4.03. The second kappa shape index (κ2) is 8.26. The Morgan fingerprint density at radius 2 is 1.71 bits per heavy atom. The van der Waals surface area contributed by atoms with Crippen LogP contribution in [0.1, 0.15) is 23.0 Å². The Labute approximate surface area is 159 Å². The monoisotopic (exact) mass is 379 g/mol. The Bertz CT molecular complexity index is 1100. The van der Waals surface area contributed by atoms with E-state index in [4.69, 9.17) is 4.74 Å². The van der Waals surface area contributed by atoms with Gasteiger partial charge in [-0.2, -0.15) is 5.10 Å². The number of esters is 1. The van der Waals surface area contributed by atoms with Crippen molar-refractivity contribution >= 4 is 34.1 Å². The summed E-state index contributed by atoms with van der Waals surface area (Å²) >= 11 is 0. The van der Waals surface area contributed by atoms with Gasteiger partial charge in [0.15, 0.2) is 12.4 Å². The van der Waals surface area contributed by atoms with Crippen LogP contribution in [0.4, 0.5) is 5.69 Å². The van der Waals surface area contributed by atoms with Crippen LogP contribution in [0.25, 0.3) is 10.8 Å². The number of aromatic nitrogens is 2. The summed E-state index contributed by atoms with van der Waals surface area (Å²) in [5.74, 6) is -1.23. The molecule has 0 aliphatic heterocycles. The molecular weight excluding hydrogens is 362 g/mol. The number of ketones is 1. The highest BCUT2D eigenvalue weighted by molar-refractivity contribution is 5.96. The standard InChI is InChI=1S/C20H17N3O5/c1-12(24)13-6-8-14(9-7-13)21-18(25)11-28-19(26)10-17-15-4-2-3-5-16(15)20(27)23-22-17/h2-9H,10-11H2,1H3,(H,21,25)(H,23,27). The number of Topliss-reactive ketones (excluding diaryl/α,β-unsaturated/α-hetero) is 1. The Hall–Kier alpha value is -3.81. The number of amides is 1. The number of carbonyl (C=O) groups is 3. The molecule has 2 N–H and O–H groups in total. The van der Waals surface area contributed by atoms with Crippen LogP contribution < -0.4 is 10.9 Å². The van der Waals surface area contributed by atoms with Crippen LogP contribution in [0.3, 0.4) is 0 Å². The van der Waals surface area contributed by atoms with Crippen LogP contribution >= 0.6 is 0 Å². The van der Waals surface area contributed by atoms with E-state index in [-0.39, 0.29) is 17.8 Å². The number of nitrogens with zero attached hydrogens (tertiary/aromatic N) is 1. The quantitative estimate of drug-likeness (QED) is 0.498. The fourth-order valence-electron chi connectivity index (χ4n) is 2.63. The molecule has 0 aliphatic carbocycles. The molecule has 1 aromatic heterocycles. The van der Waals surface area contributed by atoms with Crippen molar-refractivity contribution < 1.29 is 19.1 Å². The van der Waals surface area contributed by atoms with Crippen molar-refractivity contribution in [2.75, 3.05) is 11.9 Å². The molecule has 0 atom stereocenters. The van der Waals surface area contributed by atoms with Gasteiger partial charge in [0.1, 0.15) is 0 Å². The maximum absolute atomic E-state index is 12.0. The molecule has 1 heterocycles. The first-order chi connectivity index (χ1) is 13.4. The van der Waals surface area contributed by atoms with Crippen molar-refractivity contribution in [1.82, 2.24) is 10.2 Å². The van der Waals surface area contributed by atoms with Crippen molar-refractivity contribution in [3.05, 3.63) is 70.1 Å². The van der Waals surface area contributed by atoms with Gasteiger partial charge in [0.25, 0.3) is 11.5 Å². The molecular formula is C20H17N3O5. The number of ether oxygens (including phenoxy) is 1. The van der Waals surface area contributed by atoms with Gasteiger partial charge < -0.3 is 10.1 Å². The second-order valence-corrected chi connectivity index (χ2v) is 6.06. The summed E-state index contributed by atoms with van der Waals surface area (Å²) in [6, 6.07) is 13.1. The van der Waals surface area contributed by atoms with Crippen LogP contribution in [0.15, 0.2) is 53.3 Å². The summed E-state index contributed by atoms with van der Waals surface area (Å²) in [6.07, 6.45) is -0.183. The first kappa shape index (κ1) is 19.0. The van der Waals surface area contributed by atoms with Crippen molar-refractivity contribution in [1.29, 1.82) is 0 Å². The average Bonchev–Trinajstić information content (AvgIpc) is 2.69. The SMILES string of the molecule is CC(=O)c1ccc(NC(=O)COC(=O)Cc2n[nH]c(=O)c3ccccc23)cc1. The maximum atomic E-state index is 12.0. The third kappa shape index (κ3) is 4.47. The van der Waals surface area contributed by atoms with Gasteiger partial charge in [0, 0.05) is 16.6 Å². The van der Waals surface area contributed by atoms with Gasteiger partial charge in [-0.3, -0.25) is 19.2 Å². The summed E-state index contributed by atoms with van der Waals surface area (Å²) in [5.41, 5.74) is 1.03. The van der Waals surface area contributed by atoms with E-state index in [1.165, 1.54) is 6.92 Å². The van der Waals surface area contributed by atoms with Gasteiger partial charge >= 0.3 is 5.97 Å². The molecule has 0 fully saturated rings. The lowest BCUT2D eigenvalue weighted by Crippen LogP contribution is -2.22. The van der Waals surface area contributed by atoms with Crippen LogP contribution in [0, 0.1) is 0 Å². The van der Waals surface area contributed by atoms with E-state index in [2.05, 4.69) is 15.5 Å². The molecule has 8 heteroatoms. The number of H-pyrrole nitrogens is 1. The van der Waals surface area contributed by atoms with Crippen molar-refractivity contribution in [2.45, 2.75) is 13.3 Å². The lowest BCUT2D eigenvalue weighted by atomic mass is 10.1. The number of hydrogen-bond acceptors (Lipinski definition) is 6. The van der Waals surface area contributed by atoms with Crippen molar-refractivity contribution in [3.63, 3.8) is 0 Å². The number of anilines is 1. The molecule has 0 aliphatic rings. The van der Waals surface area contributed by atoms with E-state index in [9.17, 15) is 19.2 Å². The zero-order chi connectivity index (χ0) is 20.1. The largest absolute Gasteiger partial charge is 0.455 e. The molecule has 0 saturated heterocycles. The minimum atomic E-state index is -0.647. The molecule has 0 spiro atoms. The van der Waals surface area contributed by atoms with Gasteiger partial charge in [-0.1, -0.05) is 18.2 Å². The highest BCUT2D eigenvalue weighted by Crippen LogP contribution is 2.13. The van der Waals surface area contributed by atoms with E-state index in [1.807, 2.05) is 0 Å². The topological polar surface area (TPSA) is 118 Å². The molecule has 0 bridgehead atoms. The Morgan fingerprint density at radius 1 is 1.04 bits per heavy atom. The molecule has 28 heavy (non-hydrogen) atoms. The first-order valence-electron chi connectivity index (χ1n) is 8.47. The Balaban J connectivity index is 1.57. The van der Waals surface area contributed by atoms with Gasteiger partial charge in [-0.15, -0.1) is 0 Å². The predicted octanol–water partition coefficient (Wildman–Crippen LogP) is 1.85. The van der Waals surface area contributed by atoms with E-state index >= 15 is 0 Å². The fourth-order valence-corrected chi connectivity index (χ4v) is 2.63. The minimum absolute atomic E-state index is 0.0739. The van der Waals surface area contributed by atoms with Gasteiger partial charge in [-0.05, 0) is 37.3 Å². The lowest BCUT2D eigenvalue weighted by Gasteiger charge is -2.08. The molecule has 0 unspecified atom stereocenters. The highest BCUT2D eigenvalue weighted by atomic mass is 16.5. The summed E-state index contributed by atoms with van der Waals surface area (Å²) in [7, 11) is 0. The lowest BCUT2D eigenvalue weighted by molar-refractivity contribution is -0.146. The smallest absolute Gasteiger partial charge is 0.312 e. The van der Waals surface area contributed by atoms with Crippen LogP contribution in [-0.2, 0) is 20.7 Å². The molecule has 0 saturated carbocycles. The van der Waals surface area contributed by atoms with E-state index in [1.54, 1.807) is 48.5 Å². The number of carbonyl (C=O) groups excluding carboxylic acids is 3. The number of aromatic amines is 1. The molecule has 3 aromatic rings. The molecule has 1 amide bonds. The average molecular weight is 379 g/mol. The Kier molecular flexibility index (Phi) is 5.59. The molecule has 8 nitrogen and oxygen atoms in total. The third-order valence-corrected chi connectivity index (χ3v) is 4.03. The van der Waals surface area contributed by atoms with Gasteiger partial charge in [-0.25, -0.2) is 5.10 Å². The maximum Gasteiger partial charge on any atom is 0.312 e. The zero-order valence-electron chi connectivity index (χ0n) is 15.0. The van der Waals surface area contributed by atoms with Crippen LogP contribution in [-0.4, -0.2) is 34.5 Å².